The largest absolute Gasteiger partial charge is 0.363 e. The molecule has 0 aromatic heterocycles. The van der Waals surface area contributed by atoms with Gasteiger partial charge in [0, 0.05) is 19.5 Å². The lowest BCUT2D eigenvalue weighted by atomic mass is 9.97. The number of aryl methyl sites for hydroxylation is 2. The third-order valence-corrected chi connectivity index (χ3v) is 4.19. The van der Waals surface area contributed by atoms with Crippen LogP contribution in [-0.2, 0) is 6.42 Å². The summed E-state index contributed by atoms with van der Waals surface area (Å²) in [5, 5.41) is 0. The number of benzene rings is 2. The second kappa shape index (κ2) is 7.40. The van der Waals surface area contributed by atoms with Crippen LogP contribution in [0.25, 0.3) is 0 Å². The summed E-state index contributed by atoms with van der Waals surface area (Å²) in [6, 6.07) is 11.6. The molecule has 2 nitrogen and oxygen atoms in total. The van der Waals surface area contributed by atoms with Crippen LogP contribution in [-0.4, -0.2) is 24.3 Å². The van der Waals surface area contributed by atoms with Gasteiger partial charge in [-0.05, 0) is 62.1 Å². The van der Waals surface area contributed by atoms with E-state index in [2.05, 4.69) is 42.8 Å². The average Bonchev–Trinajstić information content (AvgIpc) is 2.50. The first-order valence-electron chi connectivity index (χ1n) is 7.98. The van der Waals surface area contributed by atoms with Crippen LogP contribution >= 0.6 is 0 Å². The Morgan fingerprint density at radius 3 is 2.43 bits per heavy atom. The molecule has 0 saturated heterocycles. The lowest BCUT2D eigenvalue weighted by Gasteiger charge is -2.17. The normalized spacial score (nSPS) is 11.4. The Balaban J connectivity index is 2.25. The molecule has 2 aromatic rings. The van der Waals surface area contributed by atoms with Crippen molar-refractivity contribution in [1.82, 2.24) is 4.90 Å². The first-order valence-corrected chi connectivity index (χ1v) is 7.98. The fourth-order valence-electron chi connectivity index (χ4n) is 2.32. The van der Waals surface area contributed by atoms with Crippen molar-refractivity contribution in [2.45, 2.75) is 40.2 Å². The Morgan fingerprint density at radius 1 is 1.09 bits per heavy atom. The first-order chi connectivity index (χ1) is 10.9. The molecule has 0 aliphatic carbocycles. The summed E-state index contributed by atoms with van der Waals surface area (Å²) in [5.74, 6) is -0.148. The fraction of sp³-hybridized carbons (Fsp3) is 0.350. The van der Waals surface area contributed by atoms with Gasteiger partial charge in [0.25, 0.3) is 0 Å². The van der Waals surface area contributed by atoms with E-state index < -0.39 is 0 Å². The zero-order chi connectivity index (χ0) is 17.0. The molecular weight excluding hydrogens is 287 g/mol. The van der Waals surface area contributed by atoms with Gasteiger partial charge in [-0.1, -0.05) is 24.3 Å². The second-order valence-electron chi connectivity index (χ2n) is 6.34. The van der Waals surface area contributed by atoms with Crippen LogP contribution in [0, 0.1) is 19.7 Å². The Labute approximate surface area is 138 Å². The maximum atomic E-state index is 13.8. The summed E-state index contributed by atoms with van der Waals surface area (Å²) in [7, 11) is 2.02. The van der Waals surface area contributed by atoms with Crippen LogP contribution in [0.1, 0.15) is 36.1 Å². The van der Waals surface area contributed by atoms with Crippen LogP contribution < -0.4 is 0 Å². The van der Waals surface area contributed by atoms with Crippen molar-refractivity contribution >= 4 is 12.0 Å². The van der Waals surface area contributed by atoms with Crippen LogP contribution in [0.2, 0.25) is 0 Å². The van der Waals surface area contributed by atoms with Gasteiger partial charge >= 0.3 is 0 Å². The molecule has 122 valence electrons. The highest BCUT2D eigenvalue weighted by atomic mass is 19.1. The molecule has 2 aromatic carbocycles. The van der Waals surface area contributed by atoms with Gasteiger partial charge in [-0.25, -0.2) is 9.38 Å². The molecule has 2 rings (SSSR count). The number of halogens is 1. The summed E-state index contributed by atoms with van der Waals surface area (Å²) in [5.41, 5.74) is 5.08. The zero-order valence-electron chi connectivity index (χ0n) is 14.6. The minimum atomic E-state index is -0.148. The SMILES string of the molecule is Cc1cc(N=CN(C)C(C)C)c(C)cc1Cc1ccccc1F. The van der Waals surface area contributed by atoms with Crippen molar-refractivity contribution < 1.29 is 4.39 Å². The monoisotopic (exact) mass is 312 g/mol. The Hall–Kier alpha value is -2.16. The Kier molecular flexibility index (Phi) is 5.54. The third kappa shape index (κ3) is 4.41. The minimum absolute atomic E-state index is 0.148. The van der Waals surface area contributed by atoms with Crippen LogP contribution in [0.5, 0.6) is 0 Å². The predicted octanol–water partition coefficient (Wildman–Crippen LogP) is 5.03. The van der Waals surface area contributed by atoms with E-state index in [9.17, 15) is 4.39 Å². The van der Waals surface area contributed by atoms with Gasteiger partial charge < -0.3 is 4.90 Å². The van der Waals surface area contributed by atoms with Gasteiger partial charge in [-0.3, -0.25) is 0 Å². The average molecular weight is 312 g/mol. The van der Waals surface area contributed by atoms with E-state index in [0.29, 0.717) is 12.5 Å². The van der Waals surface area contributed by atoms with Gasteiger partial charge in [0.05, 0.1) is 12.0 Å². The van der Waals surface area contributed by atoms with E-state index in [1.165, 1.54) is 6.07 Å². The van der Waals surface area contributed by atoms with E-state index in [1.807, 2.05) is 32.4 Å². The molecule has 0 saturated carbocycles. The smallest absolute Gasteiger partial charge is 0.126 e. The number of rotatable bonds is 5. The lowest BCUT2D eigenvalue weighted by molar-refractivity contribution is 0.429. The molecule has 0 aliphatic rings. The molecule has 0 fully saturated rings. The molecule has 0 heterocycles. The zero-order valence-corrected chi connectivity index (χ0v) is 14.6. The molecule has 0 bridgehead atoms. The summed E-state index contributed by atoms with van der Waals surface area (Å²) in [4.78, 5) is 6.65. The predicted molar refractivity (Wildman–Crippen MR) is 96.2 cm³/mol. The van der Waals surface area contributed by atoms with E-state index in [0.717, 1.165) is 27.9 Å². The van der Waals surface area contributed by atoms with Gasteiger partial charge in [0.1, 0.15) is 5.82 Å². The van der Waals surface area contributed by atoms with E-state index in [1.54, 1.807) is 6.07 Å². The molecule has 0 N–H and O–H groups in total. The molecule has 0 atom stereocenters. The molecule has 0 amide bonds. The first kappa shape index (κ1) is 17.2. The fourth-order valence-corrected chi connectivity index (χ4v) is 2.32. The second-order valence-corrected chi connectivity index (χ2v) is 6.34. The number of hydrogen-bond donors (Lipinski definition) is 0. The summed E-state index contributed by atoms with van der Waals surface area (Å²) in [6.07, 6.45) is 2.47. The molecule has 0 spiro atoms. The summed E-state index contributed by atoms with van der Waals surface area (Å²) < 4.78 is 13.8. The van der Waals surface area contributed by atoms with Gasteiger partial charge in [-0.2, -0.15) is 0 Å². The summed E-state index contributed by atoms with van der Waals surface area (Å²) in [6.45, 7) is 8.36. The highest BCUT2D eigenvalue weighted by molar-refractivity contribution is 5.64. The van der Waals surface area contributed by atoms with E-state index >= 15 is 0 Å². The van der Waals surface area contributed by atoms with Crippen molar-refractivity contribution in [2.24, 2.45) is 4.99 Å². The molecule has 0 aliphatic heterocycles. The van der Waals surface area contributed by atoms with Crippen molar-refractivity contribution in [3.8, 4) is 0 Å². The quantitative estimate of drug-likeness (QED) is 0.558. The van der Waals surface area contributed by atoms with Crippen molar-refractivity contribution in [1.29, 1.82) is 0 Å². The van der Waals surface area contributed by atoms with Gasteiger partial charge in [0.15, 0.2) is 0 Å². The number of nitrogens with zero attached hydrogens (tertiary/aromatic N) is 2. The standard InChI is InChI=1S/C20H25FN2/c1-14(2)23(5)13-22-20-11-15(3)18(10-16(20)4)12-17-8-6-7-9-19(17)21/h6-11,13-14H,12H2,1-5H3. The highest BCUT2D eigenvalue weighted by Crippen LogP contribution is 2.25. The Bertz CT molecular complexity index is 705. The van der Waals surface area contributed by atoms with Gasteiger partial charge in [-0.15, -0.1) is 0 Å². The van der Waals surface area contributed by atoms with Gasteiger partial charge in [0.2, 0.25) is 0 Å². The van der Waals surface area contributed by atoms with Crippen LogP contribution in [0.4, 0.5) is 10.1 Å². The van der Waals surface area contributed by atoms with Crippen molar-refractivity contribution in [2.75, 3.05) is 7.05 Å². The molecule has 3 heteroatoms. The number of aliphatic imine (C=N–C) groups is 1. The van der Waals surface area contributed by atoms with Crippen molar-refractivity contribution in [3.63, 3.8) is 0 Å². The third-order valence-electron chi connectivity index (χ3n) is 4.19. The summed E-state index contributed by atoms with van der Waals surface area (Å²) >= 11 is 0. The van der Waals surface area contributed by atoms with Crippen LogP contribution in [0.3, 0.4) is 0 Å². The molecule has 0 radical (unpaired) electrons. The van der Waals surface area contributed by atoms with E-state index in [-0.39, 0.29) is 5.82 Å². The minimum Gasteiger partial charge on any atom is -0.363 e. The van der Waals surface area contributed by atoms with Crippen LogP contribution in [0.15, 0.2) is 41.4 Å². The topological polar surface area (TPSA) is 15.6 Å². The maximum absolute atomic E-state index is 13.8. The maximum Gasteiger partial charge on any atom is 0.126 e. The van der Waals surface area contributed by atoms with E-state index in [4.69, 9.17) is 0 Å². The molecular formula is C20H25FN2. The lowest BCUT2D eigenvalue weighted by Crippen LogP contribution is -2.24. The van der Waals surface area contributed by atoms with Crippen molar-refractivity contribution in [3.05, 3.63) is 64.5 Å². The molecule has 0 unspecified atom stereocenters. The highest BCUT2D eigenvalue weighted by Gasteiger charge is 2.08. The molecule has 23 heavy (non-hydrogen) atoms. The Morgan fingerprint density at radius 2 is 1.78 bits per heavy atom. The number of hydrogen-bond acceptors (Lipinski definition) is 1.